The largest absolute Gasteiger partial charge is 0.489 e. The van der Waals surface area contributed by atoms with Gasteiger partial charge >= 0.3 is 6.18 Å². The second-order valence-electron chi connectivity index (χ2n) is 9.29. The van der Waals surface area contributed by atoms with E-state index in [1.807, 2.05) is 11.2 Å². The third-order valence-electron chi connectivity index (χ3n) is 6.52. The van der Waals surface area contributed by atoms with Crippen molar-refractivity contribution in [2.24, 2.45) is 0 Å². The number of nitrogens with zero attached hydrogens (tertiary/aromatic N) is 5. The summed E-state index contributed by atoms with van der Waals surface area (Å²) in [6, 6.07) is 13.3. The van der Waals surface area contributed by atoms with Crippen molar-refractivity contribution in [3.05, 3.63) is 99.9 Å². The van der Waals surface area contributed by atoms with E-state index in [0.717, 1.165) is 17.3 Å². The first-order valence-corrected chi connectivity index (χ1v) is 12.7. The number of fused-ring (bicyclic) bond motifs is 1. The third-order valence-corrected chi connectivity index (χ3v) is 6.52. The summed E-state index contributed by atoms with van der Waals surface area (Å²) in [5.41, 5.74) is -0.652. The number of aromatic nitrogens is 4. The molecule has 4 heterocycles. The number of amides is 1. The number of H-pyrrole nitrogens is 1. The predicted octanol–water partition coefficient (Wildman–Crippen LogP) is 4.03. The molecule has 1 aromatic carbocycles. The van der Waals surface area contributed by atoms with Gasteiger partial charge in [0, 0.05) is 31.8 Å². The minimum Gasteiger partial charge on any atom is -0.489 e. The van der Waals surface area contributed by atoms with Crippen molar-refractivity contribution < 1.29 is 22.7 Å². The fourth-order valence-corrected chi connectivity index (χ4v) is 4.61. The van der Waals surface area contributed by atoms with Gasteiger partial charge in [0.1, 0.15) is 29.8 Å². The quantitative estimate of drug-likeness (QED) is 0.268. The molecule has 1 amide bonds. The van der Waals surface area contributed by atoms with E-state index in [2.05, 4.69) is 25.7 Å². The highest BCUT2D eigenvalue weighted by atomic mass is 19.4. The summed E-state index contributed by atoms with van der Waals surface area (Å²) in [5.74, 6) is 0.518. The molecule has 0 fully saturated rings. The zero-order valence-electron chi connectivity index (χ0n) is 21.9. The van der Waals surface area contributed by atoms with Crippen molar-refractivity contribution in [1.82, 2.24) is 20.2 Å². The maximum atomic E-state index is 13.8. The first-order chi connectivity index (χ1) is 20.2. The Labute approximate surface area is 237 Å². The first-order valence-electron chi connectivity index (χ1n) is 12.7. The van der Waals surface area contributed by atoms with Gasteiger partial charge in [-0.1, -0.05) is 24.3 Å². The van der Waals surface area contributed by atoms with E-state index in [9.17, 15) is 22.8 Å². The molecule has 214 valence electrons. The van der Waals surface area contributed by atoms with Crippen LogP contribution in [0.4, 0.5) is 30.4 Å². The lowest BCUT2D eigenvalue weighted by Gasteiger charge is -2.28. The maximum absolute atomic E-state index is 13.8. The highest BCUT2D eigenvalue weighted by Crippen LogP contribution is 2.42. The molecule has 1 unspecified atom stereocenters. The molecule has 5 rings (SSSR count). The highest BCUT2D eigenvalue weighted by Gasteiger charge is 2.42. The molecule has 0 radical (unpaired) electrons. The number of hydrogen-bond acceptors (Lipinski definition) is 9. The number of aromatic amines is 1. The Hall–Kier alpha value is -5.45. The van der Waals surface area contributed by atoms with Gasteiger partial charge in [-0.3, -0.25) is 14.6 Å². The van der Waals surface area contributed by atoms with Crippen molar-refractivity contribution in [3.8, 4) is 11.8 Å². The van der Waals surface area contributed by atoms with Crippen LogP contribution in [0.3, 0.4) is 0 Å². The number of benzene rings is 1. The summed E-state index contributed by atoms with van der Waals surface area (Å²) < 4.78 is 47.5. The molecule has 42 heavy (non-hydrogen) atoms. The molecule has 4 aromatic rings. The van der Waals surface area contributed by atoms with Gasteiger partial charge in [-0.15, -0.1) is 0 Å². The number of carbonyl (C=O) groups excluding carboxylic acids is 1. The summed E-state index contributed by atoms with van der Waals surface area (Å²) in [4.78, 5) is 34.2. The zero-order valence-corrected chi connectivity index (χ0v) is 21.9. The highest BCUT2D eigenvalue weighted by molar-refractivity contribution is 5.91. The van der Waals surface area contributed by atoms with Gasteiger partial charge in [0.15, 0.2) is 0 Å². The van der Waals surface area contributed by atoms with Crippen LogP contribution in [0.2, 0.25) is 0 Å². The molecular weight excluding hydrogens is 553 g/mol. The second-order valence-corrected chi connectivity index (χ2v) is 9.29. The average Bonchev–Trinajstić information content (AvgIpc) is 3.34. The molecule has 0 saturated heterocycles. The van der Waals surface area contributed by atoms with E-state index in [4.69, 9.17) is 10.00 Å². The number of pyridine rings is 2. The van der Waals surface area contributed by atoms with Crippen LogP contribution in [-0.4, -0.2) is 39.2 Å². The second kappa shape index (κ2) is 12.0. The Morgan fingerprint density at radius 3 is 2.76 bits per heavy atom. The van der Waals surface area contributed by atoms with Crippen LogP contribution in [0.1, 0.15) is 34.7 Å². The molecule has 3 N–H and O–H groups in total. The summed E-state index contributed by atoms with van der Waals surface area (Å²) in [5, 5.41) is 20.0. The lowest BCUT2D eigenvalue weighted by molar-refractivity contribution is -0.138. The normalized spacial score (nSPS) is 14.1. The number of nitriles is 1. The van der Waals surface area contributed by atoms with E-state index in [1.54, 1.807) is 42.5 Å². The molecule has 1 atom stereocenters. The first kappa shape index (κ1) is 28.1. The predicted molar refractivity (Wildman–Crippen MR) is 146 cm³/mol. The van der Waals surface area contributed by atoms with Crippen LogP contribution < -0.4 is 25.8 Å². The summed E-state index contributed by atoms with van der Waals surface area (Å²) in [6.45, 7) is 0.350. The fraction of sp³-hybridized carbons (Fsp3) is 0.214. The SMILES string of the molecule is N#Cc1ccc(NCCC(=O)Nc2cncc(OCC3c4ccccc4CN3c3cn[nH]c(=O)c3C(F)(F)F)c2)nc1. The zero-order chi connectivity index (χ0) is 29.7. The Kier molecular flexibility index (Phi) is 8.00. The van der Waals surface area contributed by atoms with Gasteiger partial charge in [0.25, 0.3) is 5.56 Å². The van der Waals surface area contributed by atoms with Crippen LogP contribution in [0, 0.1) is 11.3 Å². The molecule has 0 bridgehead atoms. The molecule has 0 spiro atoms. The number of rotatable bonds is 9. The average molecular weight is 577 g/mol. The van der Waals surface area contributed by atoms with Crippen molar-refractivity contribution in [2.45, 2.75) is 25.2 Å². The van der Waals surface area contributed by atoms with E-state index >= 15 is 0 Å². The van der Waals surface area contributed by atoms with Gasteiger partial charge in [-0.2, -0.15) is 23.5 Å². The van der Waals surface area contributed by atoms with Crippen molar-refractivity contribution in [3.63, 3.8) is 0 Å². The lowest BCUT2D eigenvalue weighted by atomic mass is 10.1. The van der Waals surface area contributed by atoms with E-state index < -0.39 is 23.3 Å². The monoisotopic (exact) mass is 576 g/mol. The van der Waals surface area contributed by atoms with Gasteiger partial charge < -0.3 is 20.3 Å². The van der Waals surface area contributed by atoms with E-state index in [0.29, 0.717) is 23.6 Å². The minimum absolute atomic E-state index is 0.0678. The van der Waals surface area contributed by atoms with E-state index in [1.165, 1.54) is 23.5 Å². The number of anilines is 3. The van der Waals surface area contributed by atoms with Crippen molar-refractivity contribution >= 4 is 23.1 Å². The Bertz CT molecular complexity index is 1690. The maximum Gasteiger partial charge on any atom is 0.423 e. The number of hydrogen-bond donors (Lipinski definition) is 3. The van der Waals surface area contributed by atoms with Gasteiger partial charge in [0.05, 0.1) is 41.6 Å². The Balaban J connectivity index is 1.25. The minimum atomic E-state index is -4.89. The lowest BCUT2D eigenvalue weighted by Crippen LogP contribution is -2.32. The number of nitrogens with one attached hydrogen (secondary N) is 3. The number of halogens is 3. The molecular formula is C28H23F3N8O3. The molecule has 1 aliphatic heterocycles. The molecule has 0 aliphatic carbocycles. The molecule has 3 aromatic heterocycles. The number of carbonyl (C=O) groups is 1. The summed E-state index contributed by atoms with van der Waals surface area (Å²) in [7, 11) is 0. The van der Waals surface area contributed by atoms with Crippen molar-refractivity contribution in [2.75, 3.05) is 28.7 Å². The standard InChI is InChI=1S/C28H23F3N8O3/c29-28(30,31)26-22(14-36-38-27(26)41)39-15-18-3-1-2-4-21(18)23(39)16-42-20-9-19(12-33-13-20)37-25(40)7-8-34-24-6-5-17(10-32)11-35-24/h1-6,9,11-14,23H,7-8,15-16H2,(H,34,35)(H,37,40)(H,38,41). The summed E-state index contributed by atoms with van der Waals surface area (Å²) >= 11 is 0. The van der Waals surface area contributed by atoms with Gasteiger partial charge in [-0.25, -0.2) is 10.1 Å². The van der Waals surface area contributed by atoms with Crippen LogP contribution in [0.5, 0.6) is 5.75 Å². The fourth-order valence-electron chi connectivity index (χ4n) is 4.61. The Morgan fingerprint density at radius 1 is 1.17 bits per heavy atom. The topological polar surface area (TPSA) is 149 Å². The van der Waals surface area contributed by atoms with Gasteiger partial charge in [-0.05, 0) is 23.3 Å². The van der Waals surface area contributed by atoms with Crippen molar-refractivity contribution in [1.29, 1.82) is 5.26 Å². The summed E-state index contributed by atoms with van der Waals surface area (Å²) in [6.07, 6.45) is 0.509. The number of ether oxygens (including phenoxy) is 1. The molecule has 11 nitrogen and oxygen atoms in total. The van der Waals surface area contributed by atoms with Crippen LogP contribution in [0.15, 0.2) is 72.0 Å². The Morgan fingerprint density at radius 2 is 2.00 bits per heavy atom. The van der Waals surface area contributed by atoms with Crippen LogP contribution in [0.25, 0.3) is 0 Å². The smallest absolute Gasteiger partial charge is 0.423 e. The molecule has 1 aliphatic rings. The number of alkyl halides is 3. The van der Waals surface area contributed by atoms with Crippen LogP contribution in [-0.2, 0) is 17.5 Å². The van der Waals surface area contributed by atoms with Crippen LogP contribution >= 0.6 is 0 Å². The molecule has 14 heteroatoms. The van der Waals surface area contributed by atoms with Gasteiger partial charge in [0.2, 0.25) is 5.91 Å². The van der Waals surface area contributed by atoms with E-state index in [-0.39, 0.29) is 36.9 Å². The molecule has 0 saturated carbocycles. The third kappa shape index (κ3) is 6.30.